The fraction of sp³-hybridized carbons (Fsp3) is 0.500. The van der Waals surface area contributed by atoms with Gasteiger partial charge in [-0.2, -0.15) is 0 Å². The highest BCUT2D eigenvalue weighted by molar-refractivity contribution is 5.87. The first-order valence-electron chi connectivity index (χ1n) is 3.92. The molecule has 5 nitrogen and oxygen atoms in total. The minimum Gasteiger partial charge on any atom is -0.393 e. The van der Waals surface area contributed by atoms with Gasteiger partial charge in [0.15, 0.2) is 0 Å². The van der Waals surface area contributed by atoms with Gasteiger partial charge in [-0.3, -0.25) is 9.59 Å². The molecule has 0 amide bonds. The Kier molecular flexibility index (Phi) is 6.31. The number of hydrogen-bond donors (Lipinski definition) is 2. The van der Waals surface area contributed by atoms with Crippen molar-refractivity contribution in [3.8, 4) is 0 Å². The van der Waals surface area contributed by atoms with Crippen LogP contribution >= 0.6 is 0 Å². The van der Waals surface area contributed by atoms with E-state index in [1.807, 2.05) is 0 Å². The molecule has 0 aromatic heterocycles. The summed E-state index contributed by atoms with van der Waals surface area (Å²) >= 11 is 0. The van der Waals surface area contributed by atoms with E-state index in [0.29, 0.717) is 0 Å². The molecular formula is C8H12N2O3. The van der Waals surface area contributed by atoms with Crippen molar-refractivity contribution in [3.63, 3.8) is 0 Å². The zero-order valence-corrected chi connectivity index (χ0v) is 7.21. The van der Waals surface area contributed by atoms with Crippen molar-refractivity contribution < 1.29 is 14.3 Å². The second-order valence-electron chi connectivity index (χ2n) is 2.33. The number of hydrogen-bond acceptors (Lipinski definition) is 5. The fourth-order valence-corrected chi connectivity index (χ4v) is 0.609. The van der Waals surface area contributed by atoms with Gasteiger partial charge in [0.05, 0.1) is 12.8 Å². The smallest absolute Gasteiger partial charge is 0.313 e. The molecule has 0 aromatic carbocycles. The molecule has 0 atom stereocenters. The number of nitrogens with one attached hydrogen (secondary N) is 2. The zero-order chi connectivity index (χ0) is 10.1. The summed E-state index contributed by atoms with van der Waals surface area (Å²) in [5.41, 5.74) is 0. The summed E-state index contributed by atoms with van der Waals surface area (Å²) in [5, 5.41) is 13.3. The van der Waals surface area contributed by atoms with Crippen LogP contribution in [-0.2, 0) is 14.3 Å². The van der Waals surface area contributed by atoms with Crippen LogP contribution in [0.1, 0.15) is 25.7 Å². The molecule has 0 fully saturated rings. The normalized spacial score (nSPS) is 8.92. The summed E-state index contributed by atoms with van der Waals surface area (Å²) in [5.74, 6) is -1.23. The van der Waals surface area contributed by atoms with E-state index in [-0.39, 0.29) is 25.7 Å². The largest absolute Gasteiger partial charge is 0.393 e. The van der Waals surface area contributed by atoms with E-state index in [4.69, 9.17) is 10.8 Å². The minimum absolute atomic E-state index is 0.0554. The first-order valence-corrected chi connectivity index (χ1v) is 3.92. The van der Waals surface area contributed by atoms with Crippen molar-refractivity contribution in [2.45, 2.75) is 25.7 Å². The summed E-state index contributed by atoms with van der Waals surface area (Å²) in [7, 11) is 0. The van der Waals surface area contributed by atoms with Crippen LogP contribution in [0.3, 0.4) is 0 Å². The maximum atomic E-state index is 10.8. The lowest BCUT2D eigenvalue weighted by atomic mass is 10.3. The van der Waals surface area contributed by atoms with Crippen LogP contribution < -0.4 is 0 Å². The first-order chi connectivity index (χ1) is 6.20. The van der Waals surface area contributed by atoms with Crippen LogP contribution in [0.15, 0.2) is 0 Å². The molecule has 0 aliphatic heterocycles. The summed E-state index contributed by atoms with van der Waals surface area (Å²) in [6.07, 6.45) is 2.86. The average molecular weight is 184 g/mol. The van der Waals surface area contributed by atoms with Gasteiger partial charge in [0.1, 0.15) is 0 Å². The summed E-state index contributed by atoms with van der Waals surface area (Å²) in [6, 6.07) is 0. The fourth-order valence-electron chi connectivity index (χ4n) is 0.609. The molecule has 0 heterocycles. The summed E-state index contributed by atoms with van der Waals surface area (Å²) in [6.45, 7) is 0. The molecule has 0 radical (unpaired) electrons. The SMILES string of the molecule is N=CCCC(=O)OC(=O)CCC=N. The van der Waals surface area contributed by atoms with E-state index in [9.17, 15) is 9.59 Å². The monoisotopic (exact) mass is 184 g/mol. The van der Waals surface area contributed by atoms with Crippen molar-refractivity contribution in [1.29, 1.82) is 10.8 Å². The van der Waals surface area contributed by atoms with E-state index < -0.39 is 11.9 Å². The van der Waals surface area contributed by atoms with Gasteiger partial charge in [-0.1, -0.05) is 0 Å². The van der Waals surface area contributed by atoms with Crippen LogP contribution in [-0.4, -0.2) is 24.4 Å². The van der Waals surface area contributed by atoms with Gasteiger partial charge in [0, 0.05) is 0 Å². The molecule has 0 bridgehead atoms. The molecular weight excluding hydrogens is 172 g/mol. The average Bonchev–Trinajstić information content (AvgIpc) is 2.11. The maximum absolute atomic E-state index is 10.8. The van der Waals surface area contributed by atoms with Crippen molar-refractivity contribution in [2.75, 3.05) is 0 Å². The van der Waals surface area contributed by atoms with E-state index in [0.717, 1.165) is 12.4 Å². The van der Waals surface area contributed by atoms with E-state index in [2.05, 4.69) is 4.74 Å². The van der Waals surface area contributed by atoms with Crippen LogP contribution in [0.4, 0.5) is 0 Å². The van der Waals surface area contributed by atoms with E-state index in [1.54, 1.807) is 0 Å². The Morgan fingerprint density at radius 3 is 1.69 bits per heavy atom. The van der Waals surface area contributed by atoms with Crippen molar-refractivity contribution in [1.82, 2.24) is 0 Å². The topological polar surface area (TPSA) is 91.1 Å². The standard InChI is InChI=1S/C8H12N2O3/c9-5-1-3-7(11)13-8(12)4-2-6-10/h5-6,9-10H,1-4H2. The molecule has 2 N–H and O–H groups in total. The third kappa shape index (κ3) is 6.86. The van der Waals surface area contributed by atoms with Crippen molar-refractivity contribution in [2.24, 2.45) is 0 Å². The lowest BCUT2D eigenvalue weighted by molar-refractivity contribution is -0.159. The third-order valence-electron chi connectivity index (χ3n) is 1.21. The molecule has 0 rings (SSSR count). The zero-order valence-electron chi connectivity index (χ0n) is 7.21. The highest BCUT2D eigenvalue weighted by Gasteiger charge is 2.08. The van der Waals surface area contributed by atoms with Crippen molar-refractivity contribution >= 4 is 24.4 Å². The molecule has 0 aliphatic rings. The highest BCUT2D eigenvalue weighted by Crippen LogP contribution is 1.95. The number of carbonyl (C=O) groups is 2. The molecule has 0 aliphatic carbocycles. The van der Waals surface area contributed by atoms with Crippen LogP contribution in [0.25, 0.3) is 0 Å². The molecule has 13 heavy (non-hydrogen) atoms. The molecule has 72 valence electrons. The maximum Gasteiger partial charge on any atom is 0.313 e. The van der Waals surface area contributed by atoms with Gasteiger partial charge in [0.2, 0.25) is 0 Å². The van der Waals surface area contributed by atoms with Crippen LogP contribution in [0.5, 0.6) is 0 Å². The minimum atomic E-state index is -0.613. The third-order valence-corrected chi connectivity index (χ3v) is 1.21. The number of rotatable bonds is 6. The van der Waals surface area contributed by atoms with Gasteiger partial charge in [-0.25, -0.2) is 0 Å². The Morgan fingerprint density at radius 2 is 1.38 bits per heavy atom. The van der Waals surface area contributed by atoms with Gasteiger partial charge in [-0.05, 0) is 25.3 Å². The number of ether oxygens (including phenoxy) is 1. The van der Waals surface area contributed by atoms with E-state index in [1.165, 1.54) is 0 Å². The molecule has 5 heteroatoms. The van der Waals surface area contributed by atoms with Gasteiger partial charge < -0.3 is 15.6 Å². The van der Waals surface area contributed by atoms with Gasteiger partial charge >= 0.3 is 11.9 Å². The lowest BCUT2D eigenvalue weighted by Gasteiger charge is -1.99. The lowest BCUT2D eigenvalue weighted by Crippen LogP contribution is -2.11. The van der Waals surface area contributed by atoms with Crippen LogP contribution in [0, 0.1) is 10.8 Å². The Bertz CT molecular complexity index is 191. The Balaban J connectivity index is 3.58. The van der Waals surface area contributed by atoms with Gasteiger partial charge in [-0.15, -0.1) is 0 Å². The second kappa shape index (κ2) is 7.15. The predicted octanol–water partition coefficient (Wildman–Crippen LogP) is 0.916. The van der Waals surface area contributed by atoms with Crippen molar-refractivity contribution in [3.05, 3.63) is 0 Å². The number of carbonyl (C=O) groups excluding carboxylic acids is 2. The summed E-state index contributed by atoms with van der Waals surface area (Å²) < 4.78 is 4.37. The molecule has 0 unspecified atom stereocenters. The highest BCUT2D eigenvalue weighted by atomic mass is 16.6. The Hall–Kier alpha value is -1.52. The predicted molar refractivity (Wildman–Crippen MR) is 47.1 cm³/mol. The van der Waals surface area contributed by atoms with E-state index >= 15 is 0 Å². The molecule has 0 saturated carbocycles. The quantitative estimate of drug-likeness (QED) is 0.365. The Labute approximate surface area is 76.1 Å². The molecule has 0 saturated heterocycles. The van der Waals surface area contributed by atoms with Gasteiger partial charge in [0.25, 0.3) is 0 Å². The molecule has 0 aromatic rings. The summed E-state index contributed by atoms with van der Waals surface area (Å²) in [4.78, 5) is 21.5. The van der Waals surface area contributed by atoms with Crippen LogP contribution in [0.2, 0.25) is 0 Å². The number of esters is 2. The Morgan fingerprint density at radius 1 is 1.00 bits per heavy atom. The first kappa shape index (κ1) is 11.5. The second-order valence-corrected chi connectivity index (χ2v) is 2.33. The molecule has 0 spiro atoms.